The van der Waals surface area contributed by atoms with Crippen LogP contribution in [0, 0.1) is 5.82 Å². The molecule has 0 saturated heterocycles. The fourth-order valence-corrected chi connectivity index (χ4v) is 1.63. The molecule has 0 fully saturated rings. The third kappa shape index (κ3) is 4.31. The summed E-state index contributed by atoms with van der Waals surface area (Å²) in [6, 6.07) is 11.3. The van der Waals surface area contributed by atoms with E-state index in [2.05, 4.69) is 5.32 Å². The van der Waals surface area contributed by atoms with Gasteiger partial charge in [-0.2, -0.15) is 0 Å². The second kappa shape index (κ2) is 6.51. The van der Waals surface area contributed by atoms with Gasteiger partial charge < -0.3 is 15.2 Å². The van der Waals surface area contributed by atoms with Crippen molar-refractivity contribution in [1.82, 2.24) is 0 Å². The molecule has 6 heteroatoms. The maximum atomic E-state index is 12.9. The molecule has 2 rings (SSSR count). The van der Waals surface area contributed by atoms with Crippen molar-refractivity contribution in [3.05, 3.63) is 59.9 Å². The topological polar surface area (TPSA) is 75.6 Å². The molecule has 0 spiro atoms. The third-order valence-corrected chi connectivity index (χ3v) is 2.56. The first kappa shape index (κ1) is 14.5. The maximum absolute atomic E-state index is 12.9. The van der Waals surface area contributed by atoms with E-state index in [0.29, 0.717) is 5.69 Å². The lowest BCUT2D eigenvalue weighted by atomic mass is 10.2. The van der Waals surface area contributed by atoms with Crippen LogP contribution in [0.5, 0.6) is 5.75 Å². The van der Waals surface area contributed by atoms with E-state index in [-0.39, 0.29) is 17.9 Å². The van der Waals surface area contributed by atoms with Crippen molar-refractivity contribution < 1.29 is 23.8 Å². The summed E-state index contributed by atoms with van der Waals surface area (Å²) in [6.07, 6.45) is 0. The normalized spacial score (nSPS) is 9.95. The molecule has 0 aromatic heterocycles. The molecule has 0 aliphatic heterocycles. The lowest BCUT2D eigenvalue weighted by molar-refractivity contribution is -0.118. The summed E-state index contributed by atoms with van der Waals surface area (Å²) < 4.78 is 18.1. The number of ether oxygens (including phenoxy) is 1. The Bertz CT molecular complexity index is 672. The summed E-state index contributed by atoms with van der Waals surface area (Å²) in [5, 5.41) is 11.3. The summed E-state index contributed by atoms with van der Waals surface area (Å²) in [6.45, 7) is -0.305. The van der Waals surface area contributed by atoms with E-state index in [9.17, 15) is 14.0 Å². The molecule has 0 heterocycles. The summed E-state index contributed by atoms with van der Waals surface area (Å²) in [7, 11) is 0. The maximum Gasteiger partial charge on any atom is 0.335 e. The summed E-state index contributed by atoms with van der Waals surface area (Å²) in [5.41, 5.74) is 0.418. The quantitative estimate of drug-likeness (QED) is 0.887. The van der Waals surface area contributed by atoms with Crippen molar-refractivity contribution in [2.24, 2.45) is 0 Å². The molecule has 21 heavy (non-hydrogen) atoms. The average molecular weight is 289 g/mol. The average Bonchev–Trinajstić information content (AvgIpc) is 2.45. The number of rotatable bonds is 5. The number of benzene rings is 2. The Morgan fingerprint density at radius 1 is 1.14 bits per heavy atom. The Hall–Kier alpha value is -2.89. The first-order chi connectivity index (χ1) is 10.0. The molecular formula is C15H12FNO4. The highest BCUT2D eigenvalue weighted by Crippen LogP contribution is 2.13. The first-order valence-electron chi connectivity index (χ1n) is 6.06. The monoisotopic (exact) mass is 289 g/mol. The SMILES string of the molecule is O=C(COc1cccc(F)c1)Nc1cccc(C(=O)O)c1. The van der Waals surface area contributed by atoms with Gasteiger partial charge in [0.2, 0.25) is 0 Å². The molecule has 0 aliphatic rings. The molecule has 2 N–H and O–H groups in total. The Kier molecular flexibility index (Phi) is 4.50. The predicted octanol–water partition coefficient (Wildman–Crippen LogP) is 2.54. The van der Waals surface area contributed by atoms with Gasteiger partial charge in [0, 0.05) is 11.8 Å². The lowest BCUT2D eigenvalue weighted by Gasteiger charge is -2.08. The van der Waals surface area contributed by atoms with Crippen LogP contribution in [-0.2, 0) is 4.79 Å². The number of aromatic carboxylic acids is 1. The molecule has 0 atom stereocenters. The van der Waals surface area contributed by atoms with Crippen LogP contribution in [0.1, 0.15) is 10.4 Å². The minimum atomic E-state index is -1.08. The minimum absolute atomic E-state index is 0.0684. The Morgan fingerprint density at radius 3 is 2.62 bits per heavy atom. The molecule has 0 unspecified atom stereocenters. The number of carbonyl (C=O) groups is 2. The van der Waals surface area contributed by atoms with Gasteiger partial charge in [0.05, 0.1) is 5.56 Å². The van der Waals surface area contributed by atoms with E-state index in [4.69, 9.17) is 9.84 Å². The molecule has 108 valence electrons. The highest BCUT2D eigenvalue weighted by Gasteiger charge is 2.07. The standard InChI is InChI=1S/C15H12FNO4/c16-11-4-2-6-13(8-11)21-9-14(18)17-12-5-1-3-10(7-12)15(19)20/h1-8H,9H2,(H,17,18)(H,19,20). The molecule has 2 aromatic carbocycles. The number of carbonyl (C=O) groups excluding carboxylic acids is 1. The van der Waals surface area contributed by atoms with E-state index in [1.807, 2.05) is 0 Å². The van der Waals surface area contributed by atoms with Crippen LogP contribution in [0.25, 0.3) is 0 Å². The number of carboxylic acids is 1. The number of hydrogen-bond donors (Lipinski definition) is 2. The van der Waals surface area contributed by atoms with Crippen LogP contribution in [0.15, 0.2) is 48.5 Å². The van der Waals surface area contributed by atoms with E-state index in [1.54, 1.807) is 6.07 Å². The fraction of sp³-hybridized carbons (Fsp3) is 0.0667. The number of hydrogen-bond acceptors (Lipinski definition) is 3. The summed E-state index contributed by atoms with van der Waals surface area (Å²) in [4.78, 5) is 22.5. The molecule has 0 aliphatic carbocycles. The molecule has 1 amide bonds. The number of amides is 1. The third-order valence-electron chi connectivity index (χ3n) is 2.56. The van der Waals surface area contributed by atoms with Gasteiger partial charge in [-0.05, 0) is 30.3 Å². The number of nitrogens with one attached hydrogen (secondary N) is 1. The van der Waals surface area contributed by atoms with Crippen LogP contribution in [0.2, 0.25) is 0 Å². The van der Waals surface area contributed by atoms with Gasteiger partial charge in [0.1, 0.15) is 11.6 Å². The highest BCUT2D eigenvalue weighted by atomic mass is 19.1. The van der Waals surface area contributed by atoms with Crippen molar-refractivity contribution in [2.45, 2.75) is 0 Å². The molecular weight excluding hydrogens is 277 g/mol. The first-order valence-corrected chi connectivity index (χ1v) is 6.06. The van der Waals surface area contributed by atoms with E-state index in [0.717, 1.165) is 0 Å². The van der Waals surface area contributed by atoms with Crippen molar-refractivity contribution in [1.29, 1.82) is 0 Å². The van der Waals surface area contributed by atoms with Crippen molar-refractivity contribution in [2.75, 3.05) is 11.9 Å². The van der Waals surface area contributed by atoms with Gasteiger partial charge in [-0.25, -0.2) is 9.18 Å². The number of halogens is 1. The van der Waals surface area contributed by atoms with E-state index < -0.39 is 17.7 Å². The van der Waals surface area contributed by atoms with Crippen molar-refractivity contribution in [3.63, 3.8) is 0 Å². The second-order valence-corrected chi connectivity index (χ2v) is 4.18. The van der Waals surface area contributed by atoms with Gasteiger partial charge in [0.15, 0.2) is 6.61 Å². The highest BCUT2D eigenvalue weighted by molar-refractivity contribution is 5.94. The molecule has 0 radical (unpaired) electrons. The van der Waals surface area contributed by atoms with Crippen molar-refractivity contribution in [3.8, 4) is 5.75 Å². The zero-order valence-corrected chi connectivity index (χ0v) is 10.9. The fourth-order valence-electron chi connectivity index (χ4n) is 1.63. The molecule has 5 nitrogen and oxygen atoms in total. The minimum Gasteiger partial charge on any atom is -0.484 e. The van der Waals surface area contributed by atoms with Crippen LogP contribution in [0.4, 0.5) is 10.1 Å². The van der Waals surface area contributed by atoms with Gasteiger partial charge in [-0.1, -0.05) is 12.1 Å². The van der Waals surface area contributed by atoms with E-state index in [1.165, 1.54) is 42.5 Å². The Morgan fingerprint density at radius 2 is 1.90 bits per heavy atom. The second-order valence-electron chi connectivity index (χ2n) is 4.18. The zero-order chi connectivity index (χ0) is 15.2. The molecule has 0 bridgehead atoms. The Balaban J connectivity index is 1.93. The lowest BCUT2D eigenvalue weighted by Crippen LogP contribution is -2.20. The predicted molar refractivity (Wildman–Crippen MR) is 73.9 cm³/mol. The van der Waals surface area contributed by atoms with Crippen LogP contribution < -0.4 is 10.1 Å². The van der Waals surface area contributed by atoms with Gasteiger partial charge >= 0.3 is 5.97 Å². The zero-order valence-electron chi connectivity index (χ0n) is 10.9. The summed E-state index contributed by atoms with van der Waals surface area (Å²) >= 11 is 0. The smallest absolute Gasteiger partial charge is 0.335 e. The van der Waals surface area contributed by atoms with Crippen LogP contribution in [0.3, 0.4) is 0 Å². The van der Waals surface area contributed by atoms with E-state index >= 15 is 0 Å². The van der Waals surface area contributed by atoms with Crippen LogP contribution >= 0.6 is 0 Å². The summed E-state index contributed by atoms with van der Waals surface area (Å²) in [5.74, 6) is -1.77. The molecule has 0 saturated carbocycles. The van der Waals surface area contributed by atoms with Gasteiger partial charge in [-0.3, -0.25) is 4.79 Å². The van der Waals surface area contributed by atoms with Gasteiger partial charge in [-0.15, -0.1) is 0 Å². The van der Waals surface area contributed by atoms with Crippen LogP contribution in [-0.4, -0.2) is 23.6 Å². The van der Waals surface area contributed by atoms with Crippen molar-refractivity contribution >= 4 is 17.6 Å². The van der Waals surface area contributed by atoms with Gasteiger partial charge in [0.25, 0.3) is 5.91 Å². The largest absolute Gasteiger partial charge is 0.484 e. The molecule has 2 aromatic rings. The Labute approximate surface area is 120 Å². The number of anilines is 1. The number of carboxylic acid groups (broad SMARTS) is 1.